The van der Waals surface area contributed by atoms with Crippen LogP contribution >= 0.6 is 0 Å². The summed E-state index contributed by atoms with van der Waals surface area (Å²) in [7, 11) is 1.67. The van der Waals surface area contributed by atoms with Crippen molar-refractivity contribution in [3.63, 3.8) is 0 Å². The third-order valence-corrected chi connectivity index (χ3v) is 4.76. The van der Waals surface area contributed by atoms with Crippen LogP contribution < -0.4 is 20.1 Å². The van der Waals surface area contributed by atoms with E-state index < -0.39 is 0 Å². The number of rotatable bonds is 16. The molecule has 0 amide bonds. The molecule has 0 heterocycles. The van der Waals surface area contributed by atoms with Gasteiger partial charge in [-0.15, -0.1) is 0 Å². The zero-order chi connectivity index (χ0) is 22.0. The van der Waals surface area contributed by atoms with Crippen LogP contribution in [-0.4, -0.2) is 70.5 Å². The van der Waals surface area contributed by atoms with Crippen LogP contribution in [0.15, 0.2) is 23.2 Å². The second kappa shape index (κ2) is 16.8. The predicted octanol–water partition coefficient (Wildman–Crippen LogP) is 3.29. The van der Waals surface area contributed by atoms with E-state index in [0.29, 0.717) is 13.2 Å². The molecule has 0 aliphatic rings. The van der Waals surface area contributed by atoms with Crippen molar-refractivity contribution in [2.75, 3.05) is 59.7 Å². The molecule has 30 heavy (non-hydrogen) atoms. The van der Waals surface area contributed by atoms with Gasteiger partial charge in [-0.25, -0.2) is 4.99 Å². The van der Waals surface area contributed by atoms with Crippen LogP contribution in [0.5, 0.6) is 11.5 Å². The Labute approximate surface area is 183 Å². The molecule has 0 aliphatic heterocycles. The summed E-state index contributed by atoms with van der Waals surface area (Å²) in [5.74, 6) is 2.35. The highest BCUT2D eigenvalue weighted by molar-refractivity contribution is 5.79. The summed E-state index contributed by atoms with van der Waals surface area (Å²) in [6.07, 6.45) is 2.10. The first kappa shape index (κ1) is 26.0. The summed E-state index contributed by atoms with van der Waals surface area (Å²) in [4.78, 5) is 7.03. The maximum absolute atomic E-state index is 5.94. The third kappa shape index (κ3) is 10.7. The van der Waals surface area contributed by atoms with Crippen LogP contribution in [0.1, 0.15) is 46.1 Å². The molecule has 0 atom stereocenters. The fourth-order valence-electron chi connectivity index (χ4n) is 2.95. The Morgan fingerprint density at radius 3 is 2.47 bits per heavy atom. The summed E-state index contributed by atoms with van der Waals surface area (Å²) in [6, 6.07) is 6.02. The Bertz CT molecular complexity index is 592. The van der Waals surface area contributed by atoms with Crippen LogP contribution in [0.2, 0.25) is 0 Å². The summed E-state index contributed by atoms with van der Waals surface area (Å²) in [6.45, 7) is 15.9. The van der Waals surface area contributed by atoms with Gasteiger partial charge in [0.25, 0.3) is 0 Å². The van der Waals surface area contributed by atoms with Gasteiger partial charge in [0, 0.05) is 32.8 Å². The Balaban J connectivity index is 2.58. The lowest BCUT2D eigenvalue weighted by Gasteiger charge is -2.19. The van der Waals surface area contributed by atoms with Crippen molar-refractivity contribution in [1.29, 1.82) is 0 Å². The molecule has 0 saturated carbocycles. The number of benzene rings is 1. The van der Waals surface area contributed by atoms with Crippen LogP contribution in [-0.2, 0) is 11.3 Å². The van der Waals surface area contributed by atoms with Crippen LogP contribution in [0.25, 0.3) is 0 Å². The van der Waals surface area contributed by atoms with Gasteiger partial charge in [-0.2, -0.15) is 0 Å². The number of ether oxygens (including phenoxy) is 3. The van der Waals surface area contributed by atoms with E-state index >= 15 is 0 Å². The molecule has 0 saturated heterocycles. The molecule has 172 valence electrons. The number of aliphatic imine (C=N–C) groups is 1. The highest BCUT2D eigenvalue weighted by atomic mass is 16.5. The number of nitrogens with zero attached hydrogens (tertiary/aromatic N) is 2. The predicted molar refractivity (Wildman–Crippen MR) is 125 cm³/mol. The first-order chi connectivity index (χ1) is 14.7. The van der Waals surface area contributed by atoms with Crippen molar-refractivity contribution < 1.29 is 14.2 Å². The molecule has 7 heteroatoms. The lowest BCUT2D eigenvalue weighted by Crippen LogP contribution is -2.37. The van der Waals surface area contributed by atoms with Crippen LogP contribution in [0.4, 0.5) is 0 Å². The van der Waals surface area contributed by atoms with Crippen molar-refractivity contribution in [3.05, 3.63) is 23.8 Å². The topological polar surface area (TPSA) is 67.4 Å². The largest absolute Gasteiger partial charge is 0.493 e. The van der Waals surface area contributed by atoms with E-state index in [0.717, 1.165) is 81.8 Å². The Morgan fingerprint density at radius 2 is 1.80 bits per heavy atom. The fourth-order valence-corrected chi connectivity index (χ4v) is 2.95. The molecular weight excluding hydrogens is 380 g/mol. The van der Waals surface area contributed by atoms with E-state index in [9.17, 15) is 0 Å². The maximum atomic E-state index is 5.94. The van der Waals surface area contributed by atoms with Gasteiger partial charge in [-0.3, -0.25) is 0 Å². The first-order valence-corrected chi connectivity index (χ1v) is 11.3. The van der Waals surface area contributed by atoms with E-state index in [1.54, 1.807) is 7.11 Å². The van der Waals surface area contributed by atoms with Gasteiger partial charge < -0.3 is 29.7 Å². The molecule has 1 aromatic rings. The molecule has 1 rings (SSSR count). The highest BCUT2D eigenvalue weighted by Crippen LogP contribution is 2.28. The third-order valence-electron chi connectivity index (χ3n) is 4.76. The summed E-state index contributed by atoms with van der Waals surface area (Å²) in [5, 5.41) is 6.67. The zero-order valence-electron chi connectivity index (χ0n) is 19.6. The highest BCUT2D eigenvalue weighted by Gasteiger charge is 2.07. The Hall–Kier alpha value is -1.99. The zero-order valence-corrected chi connectivity index (χ0v) is 19.6. The van der Waals surface area contributed by atoms with E-state index in [-0.39, 0.29) is 0 Å². The number of guanidine groups is 1. The van der Waals surface area contributed by atoms with Gasteiger partial charge in [0.15, 0.2) is 17.5 Å². The van der Waals surface area contributed by atoms with Gasteiger partial charge in [0.05, 0.1) is 13.7 Å². The average molecular weight is 423 g/mol. The lowest BCUT2D eigenvalue weighted by molar-refractivity contribution is 0.143. The molecule has 7 nitrogen and oxygen atoms in total. The minimum Gasteiger partial charge on any atom is -0.493 e. The van der Waals surface area contributed by atoms with Gasteiger partial charge in [0.1, 0.15) is 6.61 Å². The minimum absolute atomic E-state index is 0.574. The molecule has 1 aromatic carbocycles. The Kier molecular flexibility index (Phi) is 14.6. The monoisotopic (exact) mass is 422 g/mol. The van der Waals surface area contributed by atoms with Crippen molar-refractivity contribution >= 4 is 5.96 Å². The standard InChI is InChI=1S/C23H42N4O3/c1-6-24-23(25-14-10-11-16-29-9-4)26-19-20-12-13-21(22(18-20)28-5)30-17-15-27(7-2)8-3/h12-13,18H,6-11,14-17,19H2,1-5H3,(H2,24,25,26). The van der Waals surface area contributed by atoms with Crippen molar-refractivity contribution in [1.82, 2.24) is 15.5 Å². The van der Waals surface area contributed by atoms with Gasteiger partial charge in [-0.05, 0) is 57.5 Å². The van der Waals surface area contributed by atoms with Crippen molar-refractivity contribution in [2.24, 2.45) is 4.99 Å². The van der Waals surface area contributed by atoms with E-state index in [2.05, 4.69) is 36.3 Å². The molecular formula is C23H42N4O3. The summed E-state index contributed by atoms with van der Waals surface area (Å²) in [5.41, 5.74) is 1.08. The Morgan fingerprint density at radius 1 is 1.00 bits per heavy atom. The minimum atomic E-state index is 0.574. The second-order valence-corrected chi connectivity index (χ2v) is 6.89. The van der Waals surface area contributed by atoms with Crippen LogP contribution in [0, 0.1) is 0 Å². The molecule has 0 unspecified atom stereocenters. The molecule has 0 aliphatic carbocycles. The SMILES string of the molecule is CCNC(=NCc1ccc(OCCN(CC)CC)c(OC)c1)NCCCCOCC. The molecule has 0 aromatic heterocycles. The van der Waals surface area contributed by atoms with Gasteiger partial charge in [0.2, 0.25) is 0 Å². The van der Waals surface area contributed by atoms with Crippen molar-refractivity contribution in [2.45, 2.75) is 47.1 Å². The average Bonchev–Trinajstić information content (AvgIpc) is 2.77. The molecule has 0 radical (unpaired) electrons. The number of likely N-dealkylation sites (N-methyl/N-ethyl adjacent to an activating group) is 1. The lowest BCUT2D eigenvalue weighted by atomic mass is 10.2. The van der Waals surface area contributed by atoms with Crippen LogP contribution in [0.3, 0.4) is 0 Å². The number of hydrogen-bond donors (Lipinski definition) is 2. The van der Waals surface area contributed by atoms with E-state index in [1.165, 1.54) is 0 Å². The summed E-state index contributed by atoms with van der Waals surface area (Å²) < 4.78 is 16.8. The fraction of sp³-hybridized carbons (Fsp3) is 0.696. The smallest absolute Gasteiger partial charge is 0.191 e. The van der Waals surface area contributed by atoms with E-state index in [1.807, 2.05) is 25.1 Å². The summed E-state index contributed by atoms with van der Waals surface area (Å²) >= 11 is 0. The quantitative estimate of drug-likeness (QED) is 0.242. The molecule has 0 bridgehead atoms. The number of methoxy groups -OCH3 is 1. The first-order valence-electron chi connectivity index (χ1n) is 11.3. The number of hydrogen-bond acceptors (Lipinski definition) is 5. The molecule has 0 fully saturated rings. The second-order valence-electron chi connectivity index (χ2n) is 6.89. The molecule has 2 N–H and O–H groups in total. The van der Waals surface area contributed by atoms with E-state index in [4.69, 9.17) is 19.2 Å². The van der Waals surface area contributed by atoms with Gasteiger partial charge in [-0.1, -0.05) is 19.9 Å². The molecule has 0 spiro atoms. The maximum Gasteiger partial charge on any atom is 0.191 e. The number of nitrogens with one attached hydrogen (secondary N) is 2. The number of unbranched alkanes of at least 4 members (excludes halogenated alkanes) is 1. The van der Waals surface area contributed by atoms with Gasteiger partial charge >= 0.3 is 0 Å². The van der Waals surface area contributed by atoms with Crippen molar-refractivity contribution in [3.8, 4) is 11.5 Å². The normalized spacial score (nSPS) is 11.6.